The van der Waals surface area contributed by atoms with Gasteiger partial charge in [0.2, 0.25) is 0 Å². The fraction of sp³-hybridized carbons (Fsp3) is 0.346. The van der Waals surface area contributed by atoms with E-state index in [-0.39, 0.29) is 12.2 Å². The summed E-state index contributed by atoms with van der Waals surface area (Å²) in [5.74, 6) is 0.406. The predicted molar refractivity (Wildman–Crippen MR) is 131 cm³/mol. The number of nitrogens with one attached hydrogen (secondary N) is 1. The number of rotatable bonds is 8. The Bertz CT molecular complexity index is 1250. The predicted octanol–water partition coefficient (Wildman–Crippen LogP) is 4.54. The van der Waals surface area contributed by atoms with Gasteiger partial charge < -0.3 is 19.2 Å². The molecule has 2 aromatic carbocycles. The maximum atomic E-state index is 13.2. The van der Waals surface area contributed by atoms with Crippen LogP contribution < -0.4 is 15.7 Å². The number of amides is 1. The van der Waals surface area contributed by atoms with Crippen molar-refractivity contribution in [3.05, 3.63) is 75.1 Å². The lowest BCUT2D eigenvalue weighted by Crippen LogP contribution is -2.43. The zero-order chi connectivity index (χ0) is 24.1. The normalized spacial score (nSPS) is 13.4. The zero-order valence-corrected chi connectivity index (χ0v) is 20.0. The number of esters is 1. The number of alkyl carbamates (subject to hydrolysis) is 1. The highest BCUT2D eigenvalue weighted by Gasteiger charge is 2.27. The average molecular weight is 482 g/mol. The van der Waals surface area contributed by atoms with Gasteiger partial charge in [0.15, 0.2) is 0 Å². The molecule has 34 heavy (non-hydrogen) atoms. The molecule has 1 atom stereocenters. The van der Waals surface area contributed by atoms with Gasteiger partial charge in [-0.25, -0.2) is 14.4 Å². The van der Waals surface area contributed by atoms with Crippen molar-refractivity contribution in [3.8, 4) is 5.75 Å². The summed E-state index contributed by atoms with van der Waals surface area (Å²) < 4.78 is 16.6. The van der Waals surface area contributed by atoms with E-state index in [4.69, 9.17) is 13.9 Å². The van der Waals surface area contributed by atoms with E-state index in [1.165, 1.54) is 0 Å². The van der Waals surface area contributed by atoms with Crippen LogP contribution in [-0.2, 0) is 29.0 Å². The summed E-state index contributed by atoms with van der Waals surface area (Å²) in [7, 11) is 0. The van der Waals surface area contributed by atoms with Gasteiger partial charge in [0.25, 0.3) is 0 Å². The Morgan fingerprint density at radius 2 is 1.91 bits per heavy atom. The van der Waals surface area contributed by atoms with Gasteiger partial charge in [0, 0.05) is 5.56 Å². The number of hydrogen-bond donors (Lipinski definition) is 1. The smallest absolute Gasteiger partial charge is 0.408 e. The van der Waals surface area contributed by atoms with E-state index in [1.807, 2.05) is 43.5 Å². The molecule has 0 aliphatic heterocycles. The Morgan fingerprint density at radius 3 is 2.68 bits per heavy atom. The SMILES string of the molecule is CSCCC(NC(=O)OCc1ccccc1)C(=O)Oc1cc(C)cc2oc(=O)c3c(c12)CCC3. The molecule has 3 aromatic rings. The van der Waals surface area contributed by atoms with Crippen molar-refractivity contribution in [3.63, 3.8) is 0 Å². The first-order valence-electron chi connectivity index (χ1n) is 11.2. The Kier molecular flexibility index (Phi) is 7.57. The van der Waals surface area contributed by atoms with Gasteiger partial charge in [-0.05, 0) is 73.4 Å². The van der Waals surface area contributed by atoms with E-state index in [2.05, 4.69) is 5.32 Å². The van der Waals surface area contributed by atoms with Crippen molar-refractivity contribution >= 4 is 34.8 Å². The van der Waals surface area contributed by atoms with E-state index < -0.39 is 18.1 Å². The first-order chi connectivity index (χ1) is 16.5. The fourth-order valence-electron chi connectivity index (χ4n) is 4.16. The van der Waals surface area contributed by atoms with Crippen LogP contribution in [0.3, 0.4) is 0 Å². The quantitative estimate of drug-likeness (QED) is 0.287. The molecule has 8 heteroatoms. The standard InChI is InChI=1S/C26H27NO6S/c1-16-13-21-23(18-9-6-10-19(18)24(28)32-21)22(14-16)33-25(29)20(11-12-34-2)27-26(30)31-15-17-7-4-3-5-8-17/h3-5,7-8,13-14,20H,6,9-12,15H2,1-2H3,(H,27,30). The molecule has 0 spiro atoms. The first kappa shape index (κ1) is 23.9. The molecule has 4 rings (SSSR count). The number of hydrogen-bond acceptors (Lipinski definition) is 7. The van der Waals surface area contributed by atoms with Crippen LogP contribution >= 0.6 is 11.8 Å². The highest BCUT2D eigenvalue weighted by molar-refractivity contribution is 7.98. The lowest BCUT2D eigenvalue weighted by Gasteiger charge is -2.18. The van der Waals surface area contributed by atoms with Crippen LogP contribution in [0, 0.1) is 6.92 Å². The van der Waals surface area contributed by atoms with Crippen molar-refractivity contribution in [2.45, 2.75) is 45.3 Å². The largest absolute Gasteiger partial charge is 0.445 e. The number of thioether (sulfide) groups is 1. The minimum atomic E-state index is -0.880. The molecule has 1 unspecified atom stereocenters. The van der Waals surface area contributed by atoms with Crippen molar-refractivity contribution in [2.75, 3.05) is 12.0 Å². The summed E-state index contributed by atoms with van der Waals surface area (Å²) in [6.45, 7) is 1.94. The Hall–Kier alpha value is -3.26. The molecule has 0 bridgehead atoms. The van der Waals surface area contributed by atoms with Crippen LogP contribution in [0.15, 0.2) is 51.7 Å². The number of benzene rings is 2. The van der Waals surface area contributed by atoms with Gasteiger partial charge in [0.1, 0.15) is 24.0 Å². The van der Waals surface area contributed by atoms with Crippen molar-refractivity contribution in [1.82, 2.24) is 5.32 Å². The lowest BCUT2D eigenvalue weighted by atomic mass is 10.0. The first-order valence-corrected chi connectivity index (χ1v) is 12.6. The summed E-state index contributed by atoms with van der Waals surface area (Å²) in [4.78, 5) is 37.9. The van der Waals surface area contributed by atoms with Gasteiger partial charge in [0.05, 0.1) is 5.39 Å². The van der Waals surface area contributed by atoms with E-state index in [9.17, 15) is 14.4 Å². The number of carbonyl (C=O) groups is 2. The van der Waals surface area contributed by atoms with E-state index in [0.29, 0.717) is 40.9 Å². The second-order valence-corrected chi connectivity index (χ2v) is 9.28. The summed E-state index contributed by atoms with van der Waals surface area (Å²) >= 11 is 1.56. The number of fused-ring (bicyclic) bond motifs is 3. The average Bonchev–Trinajstić information content (AvgIpc) is 3.31. The zero-order valence-electron chi connectivity index (χ0n) is 19.2. The molecule has 0 saturated carbocycles. The van der Waals surface area contributed by atoms with Gasteiger partial charge >= 0.3 is 17.7 Å². The molecule has 7 nitrogen and oxygen atoms in total. The fourth-order valence-corrected chi connectivity index (χ4v) is 4.63. The molecule has 1 aromatic heterocycles. The number of aryl methyl sites for hydroxylation is 2. The minimum absolute atomic E-state index is 0.102. The maximum absolute atomic E-state index is 13.2. The molecule has 1 aliphatic rings. The molecular weight excluding hydrogens is 454 g/mol. The second-order valence-electron chi connectivity index (χ2n) is 8.30. The molecule has 1 amide bonds. The third-order valence-electron chi connectivity index (χ3n) is 5.79. The highest BCUT2D eigenvalue weighted by Crippen LogP contribution is 2.35. The third-order valence-corrected chi connectivity index (χ3v) is 6.43. The van der Waals surface area contributed by atoms with Crippen LogP contribution in [0.4, 0.5) is 4.79 Å². The summed E-state index contributed by atoms with van der Waals surface area (Å²) in [6.07, 6.45) is 3.86. The minimum Gasteiger partial charge on any atom is -0.445 e. The topological polar surface area (TPSA) is 94.8 Å². The van der Waals surface area contributed by atoms with Crippen molar-refractivity contribution < 1.29 is 23.5 Å². The van der Waals surface area contributed by atoms with E-state index in [1.54, 1.807) is 23.9 Å². The van der Waals surface area contributed by atoms with Crippen molar-refractivity contribution in [2.24, 2.45) is 0 Å². The van der Waals surface area contributed by atoms with Gasteiger partial charge in [-0.15, -0.1) is 0 Å². The summed E-state index contributed by atoms with van der Waals surface area (Å²) in [5, 5.41) is 3.30. The summed E-state index contributed by atoms with van der Waals surface area (Å²) in [6, 6.07) is 12.0. The van der Waals surface area contributed by atoms with Gasteiger partial charge in [-0.1, -0.05) is 30.3 Å². The molecule has 1 N–H and O–H groups in total. The maximum Gasteiger partial charge on any atom is 0.408 e. The lowest BCUT2D eigenvalue weighted by molar-refractivity contribution is -0.136. The van der Waals surface area contributed by atoms with Gasteiger partial charge in [-0.2, -0.15) is 11.8 Å². The van der Waals surface area contributed by atoms with E-state index in [0.717, 1.165) is 29.5 Å². The molecule has 1 heterocycles. The monoisotopic (exact) mass is 481 g/mol. The third kappa shape index (κ3) is 5.44. The molecule has 0 saturated heterocycles. The van der Waals surface area contributed by atoms with Crippen molar-refractivity contribution in [1.29, 1.82) is 0 Å². The molecule has 0 radical (unpaired) electrons. The Morgan fingerprint density at radius 1 is 1.15 bits per heavy atom. The Balaban J connectivity index is 1.54. The molecular formula is C26H27NO6S. The van der Waals surface area contributed by atoms with Crippen LogP contribution in [-0.4, -0.2) is 30.1 Å². The number of carbonyl (C=O) groups excluding carboxylic acids is 2. The van der Waals surface area contributed by atoms with Gasteiger partial charge in [-0.3, -0.25) is 0 Å². The molecule has 0 fully saturated rings. The van der Waals surface area contributed by atoms with Crippen LogP contribution in [0.25, 0.3) is 11.0 Å². The second kappa shape index (κ2) is 10.8. The molecule has 178 valence electrons. The Labute approximate surface area is 201 Å². The van der Waals surface area contributed by atoms with Crippen LogP contribution in [0.1, 0.15) is 35.1 Å². The van der Waals surface area contributed by atoms with Crippen LogP contribution in [0.2, 0.25) is 0 Å². The van der Waals surface area contributed by atoms with Crippen LogP contribution in [0.5, 0.6) is 5.75 Å². The van der Waals surface area contributed by atoms with E-state index >= 15 is 0 Å². The highest BCUT2D eigenvalue weighted by atomic mass is 32.2. The molecule has 1 aliphatic carbocycles. The summed E-state index contributed by atoms with van der Waals surface area (Å²) in [5.41, 5.74) is 3.25. The number of ether oxygens (including phenoxy) is 2.